The zero-order valence-electron chi connectivity index (χ0n) is 14.1. The zero-order chi connectivity index (χ0) is 18.9. The van der Waals surface area contributed by atoms with Crippen molar-refractivity contribution >= 4 is 35.1 Å². The fraction of sp³-hybridized carbons (Fsp3) is 0.167. The molecule has 26 heavy (non-hydrogen) atoms. The highest BCUT2D eigenvalue weighted by molar-refractivity contribution is 6.31. The third-order valence-electron chi connectivity index (χ3n) is 4.18. The van der Waals surface area contributed by atoms with E-state index in [1.54, 1.807) is 49.4 Å². The second-order valence-corrected chi connectivity index (χ2v) is 6.35. The van der Waals surface area contributed by atoms with E-state index in [1.807, 2.05) is 0 Å². The molecule has 3 rings (SSSR count). The maximum atomic E-state index is 12.5. The third-order valence-corrected chi connectivity index (χ3v) is 4.41. The van der Waals surface area contributed by atoms with Gasteiger partial charge in [-0.2, -0.15) is 0 Å². The Balaban J connectivity index is 1.81. The third kappa shape index (κ3) is 3.21. The van der Waals surface area contributed by atoms with Crippen LogP contribution in [-0.2, 0) is 10.3 Å². The van der Waals surface area contributed by atoms with E-state index in [0.29, 0.717) is 27.6 Å². The SMILES string of the molecule is COc1ccc(Cl)cc1NC(=O)c1ccc([C@]2(C)NC(=O)NC2=O)cc1. The molecule has 134 valence electrons. The lowest BCUT2D eigenvalue weighted by Crippen LogP contribution is -2.40. The number of benzene rings is 2. The van der Waals surface area contributed by atoms with Crippen LogP contribution in [0.3, 0.4) is 0 Å². The number of hydrogen-bond acceptors (Lipinski definition) is 4. The van der Waals surface area contributed by atoms with Crippen LogP contribution < -0.4 is 20.7 Å². The summed E-state index contributed by atoms with van der Waals surface area (Å²) in [6.45, 7) is 1.60. The smallest absolute Gasteiger partial charge is 0.322 e. The van der Waals surface area contributed by atoms with Crippen LogP contribution in [0.4, 0.5) is 10.5 Å². The first-order valence-electron chi connectivity index (χ1n) is 7.72. The van der Waals surface area contributed by atoms with Crippen LogP contribution in [0.2, 0.25) is 5.02 Å². The minimum Gasteiger partial charge on any atom is -0.495 e. The van der Waals surface area contributed by atoms with Gasteiger partial charge in [0.15, 0.2) is 0 Å². The van der Waals surface area contributed by atoms with Gasteiger partial charge in [0.25, 0.3) is 11.8 Å². The molecule has 4 amide bonds. The Morgan fingerprint density at radius 1 is 1.15 bits per heavy atom. The van der Waals surface area contributed by atoms with E-state index < -0.39 is 17.5 Å². The summed E-state index contributed by atoms with van der Waals surface area (Å²) in [6, 6.07) is 10.7. The van der Waals surface area contributed by atoms with E-state index in [2.05, 4.69) is 16.0 Å². The lowest BCUT2D eigenvalue weighted by atomic mass is 9.91. The number of ether oxygens (including phenoxy) is 1. The molecule has 1 aliphatic rings. The summed E-state index contributed by atoms with van der Waals surface area (Å²) < 4.78 is 5.20. The minimum atomic E-state index is -1.16. The van der Waals surface area contributed by atoms with Gasteiger partial charge >= 0.3 is 6.03 Å². The zero-order valence-corrected chi connectivity index (χ0v) is 14.8. The van der Waals surface area contributed by atoms with Gasteiger partial charge in [-0.1, -0.05) is 23.7 Å². The van der Waals surface area contributed by atoms with Crippen LogP contribution >= 0.6 is 11.6 Å². The second-order valence-electron chi connectivity index (χ2n) is 5.91. The van der Waals surface area contributed by atoms with Crippen molar-refractivity contribution in [1.82, 2.24) is 10.6 Å². The lowest BCUT2D eigenvalue weighted by Gasteiger charge is -2.21. The van der Waals surface area contributed by atoms with Gasteiger partial charge in [-0.25, -0.2) is 4.79 Å². The van der Waals surface area contributed by atoms with Crippen LogP contribution in [0, 0.1) is 0 Å². The fourth-order valence-corrected chi connectivity index (χ4v) is 2.85. The van der Waals surface area contributed by atoms with Gasteiger partial charge in [0, 0.05) is 10.6 Å². The van der Waals surface area contributed by atoms with Gasteiger partial charge < -0.3 is 15.4 Å². The number of halogens is 1. The van der Waals surface area contributed by atoms with Crippen molar-refractivity contribution in [2.24, 2.45) is 0 Å². The second kappa shape index (κ2) is 6.68. The Hall–Kier alpha value is -3.06. The average Bonchev–Trinajstić information content (AvgIpc) is 2.88. The molecule has 2 aromatic carbocycles. The summed E-state index contributed by atoms with van der Waals surface area (Å²) in [5.74, 6) is -0.317. The van der Waals surface area contributed by atoms with Gasteiger partial charge in [0.05, 0.1) is 12.8 Å². The molecule has 1 fully saturated rings. The quantitative estimate of drug-likeness (QED) is 0.718. The number of anilines is 1. The Morgan fingerprint density at radius 2 is 1.85 bits per heavy atom. The Labute approximate surface area is 154 Å². The summed E-state index contributed by atoms with van der Waals surface area (Å²) in [5, 5.41) is 7.97. The molecule has 0 radical (unpaired) electrons. The van der Waals surface area contributed by atoms with E-state index in [4.69, 9.17) is 16.3 Å². The van der Waals surface area contributed by atoms with Crippen molar-refractivity contribution < 1.29 is 19.1 Å². The maximum absolute atomic E-state index is 12.5. The van der Waals surface area contributed by atoms with E-state index in [0.717, 1.165) is 0 Å². The number of carbonyl (C=O) groups excluding carboxylic acids is 3. The molecule has 3 N–H and O–H groups in total. The van der Waals surface area contributed by atoms with Crippen molar-refractivity contribution in [2.75, 3.05) is 12.4 Å². The molecule has 0 aliphatic carbocycles. The van der Waals surface area contributed by atoms with Gasteiger partial charge in [-0.3, -0.25) is 14.9 Å². The molecule has 1 saturated heterocycles. The summed E-state index contributed by atoms with van der Waals surface area (Å²) in [7, 11) is 1.50. The largest absolute Gasteiger partial charge is 0.495 e. The summed E-state index contributed by atoms with van der Waals surface area (Å²) in [5.41, 5.74) is 0.229. The summed E-state index contributed by atoms with van der Waals surface area (Å²) >= 11 is 5.96. The van der Waals surface area contributed by atoms with Crippen LogP contribution in [0.1, 0.15) is 22.8 Å². The Kier molecular flexibility index (Phi) is 4.56. The van der Waals surface area contributed by atoms with Crippen molar-refractivity contribution in [3.63, 3.8) is 0 Å². The monoisotopic (exact) mass is 373 g/mol. The standard InChI is InChI=1S/C18H16ClN3O4/c1-18(16(24)21-17(25)22-18)11-5-3-10(4-6-11)15(23)20-13-9-12(19)7-8-14(13)26-2/h3-9H,1-2H3,(H,20,23)(H2,21,22,24,25)/t18-/m0/s1. The molecule has 0 bridgehead atoms. The fourth-order valence-electron chi connectivity index (χ4n) is 2.67. The molecule has 0 aromatic heterocycles. The van der Waals surface area contributed by atoms with Crippen LogP contribution in [0.5, 0.6) is 5.75 Å². The van der Waals surface area contributed by atoms with Crippen molar-refractivity contribution in [1.29, 1.82) is 0 Å². The van der Waals surface area contributed by atoms with Crippen LogP contribution in [0.15, 0.2) is 42.5 Å². The van der Waals surface area contributed by atoms with E-state index in [1.165, 1.54) is 7.11 Å². The minimum absolute atomic E-state index is 0.359. The van der Waals surface area contributed by atoms with Crippen molar-refractivity contribution in [3.8, 4) is 5.75 Å². The highest BCUT2D eigenvalue weighted by Gasteiger charge is 2.43. The first-order chi connectivity index (χ1) is 12.3. The normalized spacial score (nSPS) is 18.9. The molecule has 1 aliphatic heterocycles. The van der Waals surface area contributed by atoms with Crippen LogP contribution in [-0.4, -0.2) is 25.0 Å². The van der Waals surface area contributed by atoms with E-state index >= 15 is 0 Å². The molecule has 1 heterocycles. The first kappa shape index (κ1) is 17.8. The van der Waals surface area contributed by atoms with Crippen LogP contribution in [0.25, 0.3) is 0 Å². The number of rotatable bonds is 4. The topological polar surface area (TPSA) is 96.5 Å². The highest BCUT2D eigenvalue weighted by Crippen LogP contribution is 2.29. The molecular formula is C18H16ClN3O4. The van der Waals surface area contributed by atoms with Crippen molar-refractivity contribution in [2.45, 2.75) is 12.5 Å². The highest BCUT2D eigenvalue weighted by atomic mass is 35.5. The predicted octanol–water partition coefficient (Wildman–Crippen LogP) is 2.66. The number of methoxy groups -OCH3 is 1. The van der Waals surface area contributed by atoms with Crippen molar-refractivity contribution in [3.05, 3.63) is 58.6 Å². The lowest BCUT2D eigenvalue weighted by molar-refractivity contribution is -0.123. The summed E-state index contributed by atoms with van der Waals surface area (Å²) in [6.07, 6.45) is 0. The first-order valence-corrected chi connectivity index (χ1v) is 8.10. The number of hydrogen-bond donors (Lipinski definition) is 3. The van der Waals surface area contributed by atoms with Gasteiger partial charge in [-0.05, 0) is 42.8 Å². The number of imide groups is 1. The average molecular weight is 374 g/mol. The predicted molar refractivity (Wildman–Crippen MR) is 96.4 cm³/mol. The molecule has 0 spiro atoms. The van der Waals surface area contributed by atoms with Gasteiger partial charge in [0.1, 0.15) is 11.3 Å². The molecule has 1 atom stereocenters. The molecule has 8 heteroatoms. The molecular weight excluding hydrogens is 358 g/mol. The number of carbonyl (C=O) groups is 3. The Bertz CT molecular complexity index is 898. The number of amides is 4. The van der Waals surface area contributed by atoms with Gasteiger partial charge in [-0.15, -0.1) is 0 Å². The molecule has 7 nitrogen and oxygen atoms in total. The molecule has 0 saturated carbocycles. The van der Waals surface area contributed by atoms with E-state index in [9.17, 15) is 14.4 Å². The molecule has 2 aromatic rings. The number of urea groups is 1. The maximum Gasteiger partial charge on any atom is 0.322 e. The van der Waals surface area contributed by atoms with Gasteiger partial charge in [0.2, 0.25) is 0 Å². The van der Waals surface area contributed by atoms with E-state index in [-0.39, 0.29) is 5.91 Å². The number of nitrogens with one attached hydrogen (secondary N) is 3. The summed E-state index contributed by atoms with van der Waals surface area (Å²) in [4.78, 5) is 35.8. The Morgan fingerprint density at radius 3 is 2.42 bits per heavy atom. The molecule has 0 unspecified atom stereocenters.